The molecule has 0 aromatic carbocycles. The van der Waals surface area contributed by atoms with E-state index in [9.17, 15) is 0 Å². The molecule has 1 N–H and O–H groups in total. The lowest BCUT2D eigenvalue weighted by atomic mass is 10.1. The second-order valence-electron chi connectivity index (χ2n) is 5.72. The Labute approximate surface area is 112 Å². The number of hydrogen-bond donors (Lipinski definition) is 1. The molecule has 1 rings (SSSR count). The summed E-state index contributed by atoms with van der Waals surface area (Å²) in [5.41, 5.74) is 1.38. The maximum absolute atomic E-state index is 4.38. The molecule has 1 heterocycles. The van der Waals surface area contributed by atoms with Crippen LogP contribution in [0.2, 0.25) is 0 Å². The van der Waals surface area contributed by atoms with Gasteiger partial charge in [-0.3, -0.25) is 9.88 Å². The van der Waals surface area contributed by atoms with Crippen LogP contribution < -0.4 is 5.32 Å². The summed E-state index contributed by atoms with van der Waals surface area (Å²) in [5, 5.41) is 3.52. The van der Waals surface area contributed by atoms with Crippen LogP contribution >= 0.6 is 0 Å². The van der Waals surface area contributed by atoms with Crippen molar-refractivity contribution in [1.82, 2.24) is 15.2 Å². The normalized spacial score (nSPS) is 12.1. The van der Waals surface area contributed by atoms with Crippen LogP contribution in [0.25, 0.3) is 0 Å². The monoisotopic (exact) mass is 249 g/mol. The van der Waals surface area contributed by atoms with Crippen molar-refractivity contribution < 1.29 is 0 Å². The van der Waals surface area contributed by atoms with Gasteiger partial charge >= 0.3 is 0 Å². The second kappa shape index (κ2) is 7.49. The molecular formula is C15H27N3. The van der Waals surface area contributed by atoms with Crippen molar-refractivity contribution in [2.24, 2.45) is 0 Å². The summed E-state index contributed by atoms with van der Waals surface area (Å²) < 4.78 is 0. The first-order valence-electron chi connectivity index (χ1n) is 6.88. The van der Waals surface area contributed by atoms with Crippen molar-refractivity contribution >= 4 is 0 Å². The number of aromatic nitrogens is 1. The quantitative estimate of drug-likeness (QED) is 0.753. The van der Waals surface area contributed by atoms with Gasteiger partial charge in [0.1, 0.15) is 0 Å². The molecule has 3 nitrogen and oxygen atoms in total. The van der Waals surface area contributed by atoms with Crippen LogP contribution in [0.15, 0.2) is 24.4 Å². The molecule has 0 aliphatic heterocycles. The molecule has 1 aromatic rings. The van der Waals surface area contributed by atoms with Crippen molar-refractivity contribution in [3.05, 3.63) is 30.1 Å². The van der Waals surface area contributed by atoms with E-state index in [1.807, 2.05) is 12.3 Å². The summed E-state index contributed by atoms with van der Waals surface area (Å²) in [7, 11) is 0. The molecule has 1 aromatic heterocycles. The summed E-state index contributed by atoms with van der Waals surface area (Å²) in [6, 6.07) is 6.11. The van der Waals surface area contributed by atoms with Crippen LogP contribution in [0.1, 0.15) is 39.8 Å². The fraction of sp³-hybridized carbons (Fsp3) is 0.667. The lowest BCUT2D eigenvalue weighted by Gasteiger charge is -2.23. The zero-order chi connectivity index (χ0) is 13.4. The molecule has 0 spiro atoms. The largest absolute Gasteiger partial charge is 0.312 e. The van der Waals surface area contributed by atoms with E-state index in [4.69, 9.17) is 0 Å². The van der Waals surface area contributed by atoms with Gasteiger partial charge in [0.15, 0.2) is 0 Å². The van der Waals surface area contributed by atoms with E-state index in [1.165, 1.54) is 6.42 Å². The Bertz CT molecular complexity index is 316. The Kier molecular flexibility index (Phi) is 6.30. The number of hydrogen-bond acceptors (Lipinski definition) is 3. The highest BCUT2D eigenvalue weighted by Gasteiger charge is 2.08. The van der Waals surface area contributed by atoms with Gasteiger partial charge in [0.05, 0.1) is 5.69 Å². The zero-order valence-electron chi connectivity index (χ0n) is 12.2. The van der Waals surface area contributed by atoms with E-state index >= 15 is 0 Å². The van der Waals surface area contributed by atoms with E-state index in [0.717, 1.165) is 31.9 Å². The van der Waals surface area contributed by atoms with Gasteiger partial charge < -0.3 is 5.32 Å². The minimum atomic E-state index is 0.220. The molecule has 0 unspecified atom stereocenters. The van der Waals surface area contributed by atoms with Crippen molar-refractivity contribution in [3.8, 4) is 0 Å². The van der Waals surface area contributed by atoms with E-state index in [0.29, 0.717) is 0 Å². The molecule has 0 fully saturated rings. The summed E-state index contributed by atoms with van der Waals surface area (Å²) >= 11 is 0. The van der Waals surface area contributed by atoms with Crippen LogP contribution in [0.3, 0.4) is 0 Å². The van der Waals surface area contributed by atoms with Gasteiger partial charge in [0.2, 0.25) is 0 Å². The van der Waals surface area contributed by atoms with E-state index in [2.05, 4.69) is 55.0 Å². The molecule has 0 radical (unpaired) electrons. The van der Waals surface area contributed by atoms with E-state index in [-0.39, 0.29) is 5.54 Å². The molecule has 0 aliphatic rings. The highest BCUT2D eigenvalue weighted by atomic mass is 15.1. The molecule has 0 atom stereocenters. The first-order valence-corrected chi connectivity index (χ1v) is 6.88. The third kappa shape index (κ3) is 6.72. The summed E-state index contributed by atoms with van der Waals surface area (Å²) in [6.45, 7) is 13.0. The van der Waals surface area contributed by atoms with Crippen LogP contribution in [0, 0.1) is 0 Å². The third-order valence-electron chi connectivity index (χ3n) is 2.87. The summed E-state index contributed by atoms with van der Waals surface area (Å²) in [5.74, 6) is 0. The molecular weight excluding hydrogens is 222 g/mol. The van der Waals surface area contributed by atoms with Crippen molar-refractivity contribution in [2.75, 3.05) is 19.6 Å². The molecule has 102 valence electrons. The van der Waals surface area contributed by atoms with Gasteiger partial charge in [-0.1, -0.05) is 13.0 Å². The SMILES string of the molecule is CCN(CCCNC(C)(C)C)Cc1ccccn1. The van der Waals surface area contributed by atoms with Gasteiger partial charge in [0.25, 0.3) is 0 Å². The predicted molar refractivity (Wildman–Crippen MR) is 77.6 cm³/mol. The molecule has 0 saturated heterocycles. The van der Waals surface area contributed by atoms with Crippen LogP contribution in [0.4, 0.5) is 0 Å². The number of pyridine rings is 1. The van der Waals surface area contributed by atoms with Crippen LogP contribution in [-0.4, -0.2) is 35.1 Å². The second-order valence-corrected chi connectivity index (χ2v) is 5.72. The maximum Gasteiger partial charge on any atom is 0.0543 e. The fourth-order valence-electron chi connectivity index (χ4n) is 1.84. The third-order valence-corrected chi connectivity index (χ3v) is 2.87. The Morgan fingerprint density at radius 3 is 2.61 bits per heavy atom. The maximum atomic E-state index is 4.38. The lowest BCUT2D eigenvalue weighted by Crippen LogP contribution is -2.37. The number of rotatable bonds is 7. The minimum absolute atomic E-state index is 0.220. The molecule has 0 amide bonds. The Morgan fingerprint density at radius 1 is 1.28 bits per heavy atom. The standard InChI is InChI=1S/C15H27N3/c1-5-18(12-8-11-17-15(2,3)4)13-14-9-6-7-10-16-14/h6-7,9-10,17H,5,8,11-13H2,1-4H3. The molecule has 3 heteroatoms. The van der Waals surface area contributed by atoms with Crippen molar-refractivity contribution in [3.63, 3.8) is 0 Å². The van der Waals surface area contributed by atoms with E-state index in [1.54, 1.807) is 0 Å². The Morgan fingerprint density at radius 2 is 2.06 bits per heavy atom. The van der Waals surface area contributed by atoms with Crippen LogP contribution in [-0.2, 0) is 6.54 Å². The van der Waals surface area contributed by atoms with Gasteiger partial charge in [-0.15, -0.1) is 0 Å². The van der Waals surface area contributed by atoms with Gasteiger partial charge in [0, 0.05) is 18.3 Å². The molecule has 0 bridgehead atoms. The first-order chi connectivity index (χ1) is 8.51. The Hall–Kier alpha value is -0.930. The highest BCUT2D eigenvalue weighted by Crippen LogP contribution is 2.02. The molecule has 18 heavy (non-hydrogen) atoms. The van der Waals surface area contributed by atoms with Gasteiger partial charge in [-0.05, 0) is 59.0 Å². The molecule has 0 saturated carbocycles. The first kappa shape index (κ1) is 15.1. The zero-order valence-corrected chi connectivity index (χ0v) is 12.2. The summed E-state index contributed by atoms with van der Waals surface area (Å²) in [6.07, 6.45) is 3.04. The van der Waals surface area contributed by atoms with Crippen molar-refractivity contribution in [1.29, 1.82) is 0 Å². The topological polar surface area (TPSA) is 28.2 Å². The average molecular weight is 249 g/mol. The number of nitrogens with one attached hydrogen (secondary N) is 1. The predicted octanol–water partition coefficient (Wildman–Crippen LogP) is 2.68. The van der Waals surface area contributed by atoms with E-state index < -0.39 is 0 Å². The summed E-state index contributed by atoms with van der Waals surface area (Å²) in [4.78, 5) is 6.81. The van der Waals surface area contributed by atoms with Gasteiger partial charge in [-0.25, -0.2) is 0 Å². The highest BCUT2D eigenvalue weighted by molar-refractivity contribution is 5.03. The average Bonchev–Trinajstić information content (AvgIpc) is 2.33. The smallest absolute Gasteiger partial charge is 0.0543 e. The molecule has 0 aliphatic carbocycles. The fourth-order valence-corrected chi connectivity index (χ4v) is 1.84. The Balaban J connectivity index is 2.26. The lowest BCUT2D eigenvalue weighted by molar-refractivity contribution is 0.266. The van der Waals surface area contributed by atoms with Gasteiger partial charge in [-0.2, -0.15) is 0 Å². The number of nitrogens with zero attached hydrogens (tertiary/aromatic N) is 2. The minimum Gasteiger partial charge on any atom is -0.312 e. The van der Waals surface area contributed by atoms with Crippen LogP contribution in [0.5, 0.6) is 0 Å². The van der Waals surface area contributed by atoms with Crippen molar-refractivity contribution in [2.45, 2.75) is 46.2 Å².